The van der Waals surface area contributed by atoms with Crippen LogP contribution in [0, 0.1) is 0 Å². The van der Waals surface area contributed by atoms with Crippen molar-refractivity contribution in [2.75, 3.05) is 5.32 Å². The first-order valence-electron chi connectivity index (χ1n) is 6.04. The van der Waals surface area contributed by atoms with E-state index in [1.54, 1.807) is 6.07 Å². The molecule has 2 aromatic carbocycles. The lowest BCUT2D eigenvalue weighted by Crippen LogP contribution is -2.07. The van der Waals surface area contributed by atoms with Gasteiger partial charge in [0.2, 0.25) is 0 Å². The van der Waals surface area contributed by atoms with E-state index in [4.69, 9.17) is 16.7 Å². The number of rotatable bonds is 5. The first kappa shape index (κ1) is 14.9. The highest BCUT2D eigenvalue weighted by Crippen LogP contribution is 2.26. The number of carboxylic acid groups (broad SMARTS) is 1. The average Bonchev–Trinajstić information content (AvgIpc) is 2.41. The predicted molar refractivity (Wildman–Crippen MR) is 84.3 cm³/mol. The van der Waals surface area contributed by atoms with E-state index in [-0.39, 0.29) is 6.42 Å². The Morgan fingerprint density at radius 2 is 1.90 bits per heavy atom. The number of hydrogen-bond donors (Lipinski definition) is 2. The summed E-state index contributed by atoms with van der Waals surface area (Å²) in [4.78, 5) is 10.8. The van der Waals surface area contributed by atoms with E-state index in [0.29, 0.717) is 11.6 Å². The monoisotopic (exact) mass is 353 g/mol. The molecule has 2 aromatic rings. The first-order valence-corrected chi connectivity index (χ1v) is 7.21. The van der Waals surface area contributed by atoms with Gasteiger partial charge in [0.05, 0.1) is 12.1 Å². The zero-order chi connectivity index (χ0) is 14.5. The van der Waals surface area contributed by atoms with Gasteiger partial charge in [0.1, 0.15) is 0 Å². The van der Waals surface area contributed by atoms with Gasteiger partial charge in [-0.2, -0.15) is 0 Å². The predicted octanol–water partition coefficient (Wildman–Crippen LogP) is 4.34. The summed E-state index contributed by atoms with van der Waals surface area (Å²) in [5.74, 6) is -0.832. The second-order valence-electron chi connectivity index (χ2n) is 4.32. The minimum absolute atomic E-state index is 0.0224. The van der Waals surface area contributed by atoms with Gasteiger partial charge in [-0.15, -0.1) is 0 Å². The zero-order valence-corrected chi connectivity index (χ0v) is 12.9. The summed E-state index contributed by atoms with van der Waals surface area (Å²) in [7, 11) is 0. The Morgan fingerprint density at radius 3 is 2.60 bits per heavy atom. The maximum atomic E-state index is 10.8. The van der Waals surface area contributed by atoms with Crippen LogP contribution >= 0.6 is 27.5 Å². The number of carbonyl (C=O) groups is 1. The van der Waals surface area contributed by atoms with Crippen LogP contribution in [-0.4, -0.2) is 11.1 Å². The summed E-state index contributed by atoms with van der Waals surface area (Å²) < 4.78 is 0.914. The first-order chi connectivity index (χ1) is 9.56. The SMILES string of the molecule is O=C(O)Cc1ccccc1CNc1cc(Cl)ccc1Br. The van der Waals surface area contributed by atoms with Gasteiger partial charge in [0.25, 0.3) is 0 Å². The molecular formula is C15H13BrClNO2. The minimum Gasteiger partial charge on any atom is -0.481 e. The van der Waals surface area contributed by atoms with Crippen molar-refractivity contribution in [2.45, 2.75) is 13.0 Å². The lowest BCUT2D eigenvalue weighted by molar-refractivity contribution is -0.136. The van der Waals surface area contributed by atoms with E-state index in [0.717, 1.165) is 21.3 Å². The van der Waals surface area contributed by atoms with Crippen molar-refractivity contribution in [2.24, 2.45) is 0 Å². The van der Waals surface area contributed by atoms with Crippen LogP contribution < -0.4 is 5.32 Å². The molecule has 0 atom stereocenters. The van der Waals surface area contributed by atoms with E-state index in [1.165, 1.54) is 0 Å². The number of hydrogen-bond acceptors (Lipinski definition) is 2. The summed E-state index contributed by atoms with van der Waals surface area (Å²) in [6, 6.07) is 13.0. The molecule has 5 heteroatoms. The summed E-state index contributed by atoms with van der Waals surface area (Å²) >= 11 is 9.41. The molecule has 104 valence electrons. The Hall–Kier alpha value is -1.52. The van der Waals surface area contributed by atoms with Gasteiger partial charge in [-0.3, -0.25) is 4.79 Å². The van der Waals surface area contributed by atoms with Gasteiger partial charge in [-0.05, 0) is 45.3 Å². The number of aliphatic carboxylic acids is 1. The fraction of sp³-hybridized carbons (Fsp3) is 0.133. The van der Waals surface area contributed by atoms with Gasteiger partial charge in [0, 0.05) is 16.0 Å². The van der Waals surface area contributed by atoms with Crippen molar-refractivity contribution in [1.29, 1.82) is 0 Å². The molecule has 0 unspecified atom stereocenters. The molecule has 0 spiro atoms. The molecular weight excluding hydrogens is 342 g/mol. The van der Waals surface area contributed by atoms with Crippen molar-refractivity contribution in [1.82, 2.24) is 0 Å². The second kappa shape index (κ2) is 6.77. The van der Waals surface area contributed by atoms with Crippen LogP contribution in [0.15, 0.2) is 46.9 Å². The minimum atomic E-state index is -0.832. The normalized spacial score (nSPS) is 10.3. The van der Waals surface area contributed by atoms with E-state index >= 15 is 0 Å². The molecule has 0 aliphatic carbocycles. The van der Waals surface area contributed by atoms with Crippen LogP contribution in [0.25, 0.3) is 0 Å². The molecule has 0 saturated heterocycles. The Kier molecular flexibility index (Phi) is 5.04. The Labute approximate surface area is 130 Å². The zero-order valence-electron chi connectivity index (χ0n) is 10.6. The van der Waals surface area contributed by atoms with Crippen LogP contribution in [-0.2, 0) is 17.8 Å². The molecule has 0 amide bonds. The average molecular weight is 355 g/mol. The van der Waals surface area contributed by atoms with Gasteiger partial charge >= 0.3 is 5.97 Å². The molecule has 0 bridgehead atoms. The quantitative estimate of drug-likeness (QED) is 0.839. The maximum Gasteiger partial charge on any atom is 0.307 e. The van der Waals surface area contributed by atoms with Crippen LogP contribution in [0.1, 0.15) is 11.1 Å². The summed E-state index contributed by atoms with van der Waals surface area (Å²) in [5, 5.41) is 12.8. The molecule has 0 radical (unpaired) electrons. The van der Waals surface area contributed by atoms with Gasteiger partial charge in [0.15, 0.2) is 0 Å². The highest BCUT2D eigenvalue weighted by molar-refractivity contribution is 9.10. The lowest BCUT2D eigenvalue weighted by atomic mass is 10.0. The van der Waals surface area contributed by atoms with Crippen LogP contribution in [0.3, 0.4) is 0 Å². The summed E-state index contributed by atoms with van der Waals surface area (Å²) in [6.07, 6.45) is 0.0224. The van der Waals surface area contributed by atoms with Gasteiger partial charge < -0.3 is 10.4 Å². The lowest BCUT2D eigenvalue weighted by Gasteiger charge is -2.12. The number of carboxylic acids is 1. The van der Waals surface area contributed by atoms with Crippen molar-refractivity contribution < 1.29 is 9.90 Å². The maximum absolute atomic E-state index is 10.8. The highest BCUT2D eigenvalue weighted by Gasteiger charge is 2.07. The molecule has 0 aromatic heterocycles. The van der Waals surface area contributed by atoms with Crippen LogP contribution in [0.2, 0.25) is 5.02 Å². The third-order valence-corrected chi connectivity index (χ3v) is 3.78. The Balaban J connectivity index is 2.14. The Morgan fingerprint density at radius 1 is 1.20 bits per heavy atom. The fourth-order valence-electron chi connectivity index (χ4n) is 1.89. The smallest absolute Gasteiger partial charge is 0.307 e. The van der Waals surface area contributed by atoms with E-state index in [1.807, 2.05) is 36.4 Å². The van der Waals surface area contributed by atoms with Crippen molar-refractivity contribution in [3.8, 4) is 0 Å². The van der Waals surface area contributed by atoms with Gasteiger partial charge in [-0.1, -0.05) is 35.9 Å². The molecule has 2 N–H and O–H groups in total. The fourth-order valence-corrected chi connectivity index (χ4v) is 2.45. The van der Waals surface area contributed by atoms with Crippen molar-refractivity contribution in [3.63, 3.8) is 0 Å². The molecule has 0 saturated carbocycles. The van der Waals surface area contributed by atoms with Crippen molar-refractivity contribution in [3.05, 3.63) is 63.1 Å². The molecule has 2 rings (SSSR count). The van der Waals surface area contributed by atoms with E-state index in [9.17, 15) is 4.79 Å². The molecule has 0 aliphatic heterocycles. The van der Waals surface area contributed by atoms with Crippen LogP contribution in [0.5, 0.6) is 0 Å². The number of anilines is 1. The molecule has 3 nitrogen and oxygen atoms in total. The Bertz CT molecular complexity index is 631. The summed E-state index contributed by atoms with van der Waals surface area (Å²) in [5.41, 5.74) is 2.65. The number of benzene rings is 2. The third-order valence-electron chi connectivity index (χ3n) is 2.86. The highest BCUT2D eigenvalue weighted by atomic mass is 79.9. The standard InChI is InChI=1S/C15H13BrClNO2/c16-13-6-5-12(17)8-14(13)18-9-11-4-2-1-3-10(11)7-15(19)20/h1-6,8,18H,7,9H2,(H,19,20). The van der Waals surface area contributed by atoms with Gasteiger partial charge in [-0.25, -0.2) is 0 Å². The van der Waals surface area contributed by atoms with Crippen LogP contribution in [0.4, 0.5) is 5.69 Å². The van der Waals surface area contributed by atoms with E-state index in [2.05, 4.69) is 21.2 Å². The molecule has 0 aliphatic rings. The molecule has 20 heavy (non-hydrogen) atoms. The largest absolute Gasteiger partial charge is 0.481 e. The third kappa shape index (κ3) is 3.99. The second-order valence-corrected chi connectivity index (χ2v) is 5.61. The molecule has 0 fully saturated rings. The van der Waals surface area contributed by atoms with E-state index < -0.39 is 5.97 Å². The number of halogens is 2. The molecule has 0 heterocycles. The van der Waals surface area contributed by atoms with Crippen molar-refractivity contribution >= 4 is 39.2 Å². The summed E-state index contributed by atoms with van der Waals surface area (Å²) in [6.45, 7) is 0.544. The number of nitrogens with one attached hydrogen (secondary N) is 1. The topological polar surface area (TPSA) is 49.3 Å².